The zero-order valence-electron chi connectivity index (χ0n) is 9.93. The zero-order valence-corrected chi connectivity index (χ0v) is 12.4. The monoisotopic (exact) mass is 266 g/mol. The van der Waals surface area contributed by atoms with Gasteiger partial charge in [-0.05, 0) is 38.3 Å². The number of rotatable bonds is 1. The van der Waals surface area contributed by atoms with Crippen LogP contribution in [0.1, 0.15) is 27.8 Å². The number of hydrogen-bond donors (Lipinski definition) is 0. The van der Waals surface area contributed by atoms with Crippen LogP contribution in [0, 0.1) is 20.8 Å². The van der Waals surface area contributed by atoms with Gasteiger partial charge >= 0.3 is 0 Å². The van der Waals surface area contributed by atoms with Crippen molar-refractivity contribution in [3.05, 3.63) is 20.9 Å². The fourth-order valence-corrected chi connectivity index (χ4v) is 6.41. The Hall–Kier alpha value is -0.380. The van der Waals surface area contributed by atoms with Crippen molar-refractivity contribution in [1.29, 1.82) is 0 Å². The lowest BCUT2D eigenvalue weighted by molar-refractivity contribution is 1.16. The van der Waals surface area contributed by atoms with Crippen LogP contribution in [-0.4, -0.2) is 0 Å². The second kappa shape index (κ2) is 3.56. The molecule has 0 N–H and O–H groups in total. The summed E-state index contributed by atoms with van der Waals surface area (Å²) in [5.74, 6) is 0. The standard InChI is InChI=1S/C13H14S3/c1-5-9-7(3)11-13(15-9)12-10(16-11)6(2)8(4)14-12/h5H2,1-4H3. The van der Waals surface area contributed by atoms with Gasteiger partial charge in [-0.25, -0.2) is 0 Å². The molecule has 0 spiro atoms. The second-order valence-electron chi connectivity index (χ2n) is 4.21. The van der Waals surface area contributed by atoms with Gasteiger partial charge in [-0.1, -0.05) is 6.92 Å². The van der Waals surface area contributed by atoms with E-state index in [1.807, 2.05) is 34.0 Å². The number of hydrogen-bond acceptors (Lipinski definition) is 3. The summed E-state index contributed by atoms with van der Waals surface area (Å²) < 4.78 is 6.12. The third-order valence-electron chi connectivity index (χ3n) is 3.25. The largest absolute Gasteiger partial charge is 0.138 e. The van der Waals surface area contributed by atoms with Crippen molar-refractivity contribution in [2.24, 2.45) is 0 Å². The maximum Gasteiger partial charge on any atom is 0.0635 e. The Kier molecular flexibility index (Phi) is 2.39. The smallest absolute Gasteiger partial charge is 0.0635 e. The Morgan fingerprint density at radius 1 is 0.750 bits per heavy atom. The van der Waals surface area contributed by atoms with E-state index in [9.17, 15) is 0 Å². The summed E-state index contributed by atoms with van der Waals surface area (Å²) >= 11 is 5.96. The van der Waals surface area contributed by atoms with Gasteiger partial charge in [-0.15, -0.1) is 34.0 Å². The molecule has 3 heterocycles. The van der Waals surface area contributed by atoms with Crippen LogP contribution in [0.4, 0.5) is 0 Å². The minimum absolute atomic E-state index is 1.17. The van der Waals surface area contributed by atoms with Crippen molar-refractivity contribution in [2.45, 2.75) is 34.1 Å². The van der Waals surface area contributed by atoms with Gasteiger partial charge in [-0.2, -0.15) is 0 Å². The van der Waals surface area contributed by atoms with E-state index in [4.69, 9.17) is 0 Å². The molecule has 0 aromatic carbocycles. The quantitative estimate of drug-likeness (QED) is 0.532. The highest BCUT2D eigenvalue weighted by atomic mass is 32.1. The second-order valence-corrected chi connectivity index (χ2v) is 7.56. The molecule has 16 heavy (non-hydrogen) atoms. The predicted molar refractivity (Wildman–Crippen MR) is 78.7 cm³/mol. The first-order valence-electron chi connectivity index (χ1n) is 5.54. The van der Waals surface area contributed by atoms with Crippen LogP contribution in [0.5, 0.6) is 0 Å². The average Bonchev–Trinajstić information content (AvgIpc) is 2.84. The molecule has 3 aromatic rings. The van der Waals surface area contributed by atoms with Crippen molar-refractivity contribution in [2.75, 3.05) is 0 Å². The number of aryl methyl sites for hydroxylation is 4. The molecule has 0 nitrogen and oxygen atoms in total. The molecule has 3 heteroatoms. The fourth-order valence-electron chi connectivity index (χ4n) is 2.13. The van der Waals surface area contributed by atoms with Crippen molar-refractivity contribution in [3.8, 4) is 0 Å². The van der Waals surface area contributed by atoms with E-state index >= 15 is 0 Å². The third kappa shape index (κ3) is 1.25. The average molecular weight is 266 g/mol. The summed E-state index contributed by atoms with van der Waals surface area (Å²) in [7, 11) is 0. The Morgan fingerprint density at radius 2 is 1.38 bits per heavy atom. The third-order valence-corrected chi connectivity index (χ3v) is 7.75. The first-order valence-corrected chi connectivity index (χ1v) is 7.98. The lowest BCUT2D eigenvalue weighted by Crippen LogP contribution is -1.74. The van der Waals surface area contributed by atoms with Gasteiger partial charge < -0.3 is 0 Å². The first-order chi connectivity index (χ1) is 7.63. The van der Waals surface area contributed by atoms with E-state index in [0.29, 0.717) is 0 Å². The minimum Gasteiger partial charge on any atom is -0.138 e. The number of fused-ring (bicyclic) bond motifs is 3. The van der Waals surface area contributed by atoms with Crippen LogP contribution in [0.2, 0.25) is 0 Å². The van der Waals surface area contributed by atoms with Crippen LogP contribution >= 0.6 is 34.0 Å². The summed E-state index contributed by atoms with van der Waals surface area (Å²) in [6, 6.07) is 0. The Bertz CT molecular complexity index is 679. The van der Waals surface area contributed by atoms with E-state index in [-0.39, 0.29) is 0 Å². The van der Waals surface area contributed by atoms with E-state index in [1.54, 1.807) is 4.88 Å². The maximum absolute atomic E-state index is 2.28. The molecule has 0 bridgehead atoms. The van der Waals surface area contributed by atoms with E-state index in [2.05, 4.69) is 27.7 Å². The zero-order chi connectivity index (χ0) is 11.4. The van der Waals surface area contributed by atoms with Gasteiger partial charge in [0.2, 0.25) is 0 Å². The molecule has 0 fully saturated rings. The molecule has 0 aliphatic rings. The lowest BCUT2D eigenvalue weighted by Gasteiger charge is -1.91. The van der Waals surface area contributed by atoms with Gasteiger partial charge in [0.25, 0.3) is 0 Å². The summed E-state index contributed by atoms with van der Waals surface area (Å²) in [4.78, 5) is 3.04. The van der Waals surface area contributed by atoms with E-state index in [1.165, 1.54) is 41.2 Å². The van der Waals surface area contributed by atoms with Crippen LogP contribution in [0.3, 0.4) is 0 Å². The van der Waals surface area contributed by atoms with Gasteiger partial charge in [0.15, 0.2) is 0 Å². The molecule has 0 aliphatic carbocycles. The molecular formula is C13H14S3. The number of thiophene rings is 3. The summed E-state index contributed by atoms with van der Waals surface area (Å²) in [6.07, 6.45) is 1.17. The molecule has 3 rings (SSSR count). The molecule has 3 aromatic heterocycles. The van der Waals surface area contributed by atoms with Crippen molar-refractivity contribution in [3.63, 3.8) is 0 Å². The molecule has 84 valence electrons. The molecule has 0 amide bonds. The van der Waals surface area contributed by atoms with Gasteiger partial charge in [-0.3, -0.25) is 0 Å². The molecule has 0 saturated heterocycles. The minimum atomic E-state index is 1.17. The van der Waals surface area contributed by atoms with Crippen molar-refractivity contribution >= 4 is 52.8 Å². The normalized spacial score (nSPS) is 12.0. The highest BCUT2D eigenvalue weighted by Crippen LogP contribution is 2.47. The molecule has 0 radical (unpaired) electrons. The maximum atomic E-state index is 2.28. The highest BCUT2D eigenvalue weighted by molar-refractivity contribution is 7.38. The van der Waals surface area contributed by atoms with Crippen molar-refractivity contribution < 1.29 is 0 Å². The molecule has 0 aliphatic heterocycles. The topological polar surface area (TPSA) is 0 Å². The lowest BCUT2D eigenvalue weighted by atomic mass is 10.2. The van der Waals surface area contributed by atoms with Crippen LogP contribution < -0.4 is 0 Å². The Labute approximate surface area is 108 Å². The molecule has 0 atom stereocenters. The predicted octanol–water partition coefficient (Wildman–Crippen LogP) is 5.67. The van der Waals surface area contributed by atoms with Gasteiger partial charge in [0.1, 0.15) is 0 Å². The van der Waals surface area contributed by atoms with Crippen molar-refractivity contribution in [1.82, 2.24) is 0 Å². The summed E-state index contributed by atoms with van der Waals surface area (Å²) in [6.45, 7) is 9.02. The first kappa shape index (κ1) is 10.8. The molecular weight excluding hydrogens is 252 g/mol. The fraction of sp³-hybridized carbons (Fsp3) is 0.385. The van der Waals surface area contributed by atoms with Crippen LogP contribution in [0.25, 0.3) is 18.8 Å². The van der Waals surface area contributed by atoms with Gasteiger partial charge in [0, 0.05) is 9.75 Å². The Balaban J connectivity index is 2.48. The van der Waals surface area contributed by atoms with Crippen LogP contribution in [-0.2, 0) is 6.42 Å². The summed E-state index contributed by atoms with van der Waals surface area (Å²) in [5, 5.41) is 0. The molecule has 0 saturated carbocycles. The molecule has 0 unspecified atom stereocenters. The van der Waals surface area contributed by atoms with Crippen LogP contribution in [0.15, 0.2) is 0 Å². The highest BCUT2D eigenvalue weighted by Gasteiger charge is 2.17. The summed E-state index contributed by atoms with van der Waals surface area (Å²) in [5.41, 5.74) is 3.01. The SMILES string of the molecule is CCc1sc2c(sc3c(C)c(C)sc32)c1C. The van der Waals surface area contributed by atoms with E-state index in [0.717, 1.165) is 0 Å². The van der Waals surface area contributed by atoms with Gasteiger partial charge in [0.05, 0.1) is 18.8 Å². The Morgan fingerprint density at radius 3 is 2.06 bits per heavy atom. The van der Waals surface area contributed by atoms with E-state index < -0.39 is 0 Å².